The number of anilines is 1. The molecule has 2 aromatic carbocycles. The van der Waals surface area contributed by atoms with Crippen molar-refractivity contribution < 1.29 is 9.53 Å². The average molecular weight is 345 g/mol. The van der Waals surface area contributed by atoms with Crippen molar-refractivity contribution in [2.75, 3.05) is 12.4 Å². The lowest BCUT2D eigenvalue weighted by Gasteiger charge is -2.09. The number of thiazole rings is 1. The number of ether oxygens (including phenoxy) is 1. The maximum atomic E-state index is 12.4. The Morgan fingerprint density at radius 3 is 2.74 bits per heavy atom. The maximum Gasteiger partial charge on any atom is 0.267 e. The molecule has 0 aliphatic heterocycles. The quantitative estimate of drug-likeness (QED) is 0.744. The van der Waals surface area contributed by atoms with Crippen LogP contribution in [0.3, 0.4) is 0 Å². The Morgan fingerprint density at radius 1 is 1.22 bits per heavy atom. The van der Waals surface area contributed by atoms with E-state index in [9.17, 15) is 4.79 Å². The Morgan fingerprint density at radius 2 is 2.00 bits per heavy atom. The lowest BCUT2D eigenvalue weighted by atomic mass is 10.2. The van der Waals surface area contributed by atoms with Crippen LogP contribution in [0.25, 0.3) is 10.6 Å². The van der Waals surface area contributed by atoms with Gasteiger partial charge in [-0.25, -0.2) is 4.98 Å². The van der Waals surface area contributed by atoms with Crippen molar-refractivity contribution in [2.24, 2.45) is 0 Å². The normalized spacial score (nSPS) is 10.3. The summed E-state index contributed by atoms with van der Waals surface area (Å²) in [6.07, 6.45) is 1.57. The van der Waals surface area contributed by atoms with Gasteiger partial charge in [0.2, 0.25) is 0 Å². The number of rotatable bonds is 4. The fourth-order valence-electron chi connectivity index (χ4n) is 2.06. The lowest BCUT2D eigenvalue weighted by molar-refractivity contribution is 0.103. The molecule has 3 aromatic rings. The molecule has 0 atom stereocenters. The van der Waals surface area contributed by atoms with E-state index in [1.165, 1.54) is 11.3 Å². The van der Waals surface area contributed by atoms with Gasteiger partial charge in [-0.05, 0) is 18.2 Å². The largest absolute Gasteiger partial charge is 0.495 e. The number of benzene rings is 2. The molecule has 0 saturated carbocycles. The van der Waals surface area contributed by atoms with Gasteiger partial charge >= 0.3 is 0 Å². The summed E-state index contributed by atoms with van der Waals surface area (Å²) in [4.78, 5) is 17.2. The molecule has 3 rings (SSSR count). The van der Waals surface area contributed by atoms with Gasteiger partial charge in [0.05, 0.1) is 19.0 Å². The van der Waals surface area contributed by atoms with Crippen molar-refractivity contribution in [3.8, 4) is 16.3 Å². The molecule has 0 aliphatic rings. The van der Waals surface area contributed by atoms with Gasteiger partial charge in [0.1, 0.15) is 15.6 Å². The van der Waals surface area contributed by atoms with Crippen LogP contribution in [-0.4, -0.2) is 18.0 Å². The van der Waals surface area contributed by atoms with E-state index in [-0.39, 0.29) is 5.91 Å². The van der Waals surface area contributed by atoms with Crippen molar-refractivity contribution in [1.82, 2.24) is 4.98 Å². The molecule has 1 heterocycles. The molecule has 6 heteroatoms. The van der Waals surface area contributed by atoms with Gasteiger partial charge in [0.25, 0.3) is 5.91 Å². The maximum absolute atomic E-state index is 12.4. The Kier molecular flexibility index (Phi) is 4.60. The summed E-state index contributed by atoms with van der Waals surface area (Å²) >= 11 is 7.30. The molecule has 1 aromatic heterocycles. The summed E-state index contributed by atoms with van der Waals surface area (Å²) in [5.41, 5.74) is 1.51. The predicted octanol–water partition coefficient (Wildman–Crippen LogP) is 4.72. The number of hydrogen-bond donors (Lipinski definition) is 1. The van der Waals surface area contributed by atoms with Gasteiger partial charge in [0.15, 0.2) is 0 Å². The fourth-order valence-corrected chi connectivity index (χ4v) is 3.04. The first-order valence-corrected chi connectivity index (χ1v) is 8.03. The zero-order chi connectivity index (χ0) is 16.2. The highest BCUT2D eigenvalue weighted by molar-refractivity contribution is 7.17. The van der Waals surface area contributed by atoms with Crippen LogP contribution in [0.2, 0.25) is 5.02 Å². The minimum atomic E-state index is -0.245. The van der Waals surface area contributed by atoms with E-state index in [1.54, 1.807) is 31.5 Å². The summed E-state index contributed by atoms with van der Waals surface area (Å²) in [6.45, 7) is 0. The Balaban J connectivity index is 1.82. The van der Waals surface area contributed by atoms with Crippen LogP contribution in [0.4, 0.5) is 5.69 Å². The van der Waals surface area contributed by atoms with Gasteiger partial charge < -0.3 is 10.1 Å². The fraction of sp³-hybridized carbons (Fsp3) is 0.0588. The van der Waals surface area contributed by atoms with Crippen molar-refractivity contribution in [1.29, 1.82) is 0 Å². The molecule has 0 fully saturated rings. The molecular weight excluding hydrogens is 332 g/mol. The third kappa shape index (κ3) is 3.52. The van der Waals surface area contributed by atoms with E-state index in [0.29, 0.717) is 21.3 Å². The average Bonchev–Trinajstić information content (AvgIpc) is 3.06. The van der Waals surface area contributed by atoms with Crippen LogP contribution in [0, 0.1) is 0 Å². The summed E-state index contributed by atoms with van der Waals surface area (Å²) in [6, 6.07) is 14.8. The van der Waals surface area contributed by atoms with E-state index >= 15 is 0 Å². The molecule has 0 unspecified atom stereocenters. The molecule has 116 valence electrons. The molecule has 0 saturated heterocycles. The first-order chi connectivity index (χ1) is 11.2. The standard InChI is InChI=1S/C17H13ClN2O2S/c1-22-14-8-7-12(18)9-13(14)20-16(21)15-10-19-17(23-15)11-5-3-2-4-6-11/h2-10H,1H3,(H,20,21). The number of aromatic nitrogens is 1. The summed E-state index contributed by atoms with van der Waals surface area (Å²) < 4.78 is 5.23. The molecule has 0 aliphatic carbocycles. The second-order valence-electron chi connectivity index (χ2n) is 4.69. The smallest absolute Gasteiger partial charge is 0.267 e. The van der Waals surface area contributed by atoms with Gasteiger partial charge in [-0.2, -0.15) is 0 Å². The van der Waals surface area contributed by atoms with E-state index < -0.39 is 0 Å². The van der Waals surface area contributed by atoms with Crippen LogP contribution >= 0.6 is 22.9 Å². The van der Waals surface area contributed by atoms with Crippen molar-refractivity contribution in [3.63, 3.8) is 0 Å². The first-order valence-electron chi connectivity index (χ1n) is 6.83. The zero-order valence-corrected chi connectivity index (χ0v) is 13.8. The molecule has 1 amide bonds. The number of carbonyl (C=O) groups excluding carboxylic acids is 1. The third-order valence-electron chi connectivity index (χ3n) is 3.16. The van der Waals surface area contributed by atoms with Gasteiger partial charge in [-0.1, -0.05) is 41.9 Å². The van der Waals surface area contributed by atoms with Crippen molar-refractivity contribution in [3.05, 3.63) is 64.6 Å². The third-order valence-corrected chi connectivity index (χ3v) is 4.44. The zero-order valence-electron chi connectivity index (χ0n) is 12.2. The number of halogens is 1. The molecule has 4 nitrogen and oxygen atoms in total. The molecule has 23 heavy (non-hydrogen) atoms. The van der Waals surface area contributed by atoms with Crippen LogP contribution in [-0.2, 0) is 0 Å². The van der Waals surface area contributed by atoms with Gasteiger partial charge in [-0.3, -0.25) is 4.79 Å². The van der Waals surface area contributed by atoms with E-state index in [4.69, 9.17) is 16.3 Å². The summed E-state index contributed by atoms with van der Waals surface area (Å²) in [5, 5.41) is 4.13. The Bertz CT molecular complexity index is 834. The Labute approximate surface area is 142 Å². The highest BCUT2D eigenvalue weighted by Gasteiger charge is 2.14. The topological polar surface area (TPSA) is 51.2 Å². The van der Waals surface area contributed by atoms with E-state index in [2.05, 4.69) is 10.3 Å². The highest BCUT2D eigenvalue weighted by atomic mass is 35.5. The van der Waals surface area contributed by atoms with E-state index in [0.717, 1.165) is 10.6 Å². The van der Waals surface area contributed by atoms with Crippen LogP contribution in [0.15, 0.2) is 54.7 Å². The molecule has 1 N–H and O–H groups in total. The number of carbonyl (C=O) groups is 1. The van der Waals surface area contributed by atoms with Gasteiger partial charge in [0, 0.05) is 10.6 Å². The second kappa shape index (κ2) is 6.81. The molecule has 0 bridgehead atoms. The predicted molar refractivity (Wildman–Crippen MR) is 93.5 cm³/mol. The number of methoxy groups -OCH3 is 1. The number of amides is 1. The van der Waals surface area contributed by atoms with E-state index in [1.807, 2.05) is 30.3 Å². The van der Waals surface area contributed by atoms with Crippen molar-refractivity contribution in [2.45, 2.75) is 0 Å². The van der Waals surface area contributed by atoms with Crippen molar-refractivity contribution >= 4 is 34.5 Å². The summed E-state index contributed by atoms with van der Waals surface area (Å²) in [5.74, 6) is 0.306. The minimum Gasteiger partial charge on any atom is -0.495 e. The number of hydrogen-bond acceptors (Lipinski definition) is 4. The first kappa shape index (κ1) is 15.5. The monoisotopic (exact) mass is 344 g/mol. The number of nitrogens with one attached hydrogen (secondary N) is 1. The van der Waals surface area contributed by atoms with Crippen LogP contribution < -0.4 is 10.1 Å². The highest BCUT2D eigenvalue weighted by Crippen LogP contribution is 2.30. The molecule has 0 radical (unpaired) electrons. The lowest BCUT2D eigenvalue weighted by Crippen LogP contribution is -2.11. The molecule has 0 spiro atoms. The van der Waals surface area contributed by atoms with Crippen LogP contribution in [0.1, 0.15) is 9.67 Å². The summed E-state index contributed by atoms with van der Waals surface area (Å²) in [7, 11) is 1.54. The minimum absolute atomic E-state index is 0.245. The molecular formula is C17H13ClN2O2S. The SMILES string of the molecule is COc1ccc(Cl)cc1NC(=O)c1cnc(-c2ccccc2)s1. The Hall–Kier alpha value is -2.37. The number of nitrogens with zero attached hydrogens (tertiary/aromatic N) is 1. The second-order valence-corrected chi connectivity index (χ2v) is 6.16. The van der Waals surface area contributed by atoms with Crippen LogP contribution in [0.5, 0.6) is 5.75 Å². The van der Waals surface area contributed by atoms with Gasteiger partial charge in [-0.15, -0.1) is 11.3 Å².